The van der Waals surface area contributed by atoms with Gasteiger partial charge in [0.05, 0.1) is 4.92 Å². The van der Waals surface area contributed by atoms with Crippen LogP contribution in [0.3, 0.4) is 0 Å². The zero-order valence-corrected chi connectivity index (χ0v) is 12.2. The quantitative estimate of drug-likeness (QED) is 0.664. The summed E-state index contributed by atoms with van der Waals surface area (Å²) in [4.78, 5) is 12.9. The summed E-state index contributed by atoms with van der Waals surface area (Å²) in [5.74, 6) is 0. The maximum Gasteiger partial charge on any atom is 0.269 e. The fourth-order valence-corrected chi connectivity index (χ4v) is 2.76. The molecule has 1 heterocycles. The number of hydrogen-bond donors (Lipinski definition) is 1. The SMILES string of the molecule is CCC(NC1CCN(C)CC1)c1cccc([N+](=O)[O-])c1. The Balaban J connectivity index is 2.04. The lowest BCUT2D eigenvalue weighted by Gasteiger charge is -2.32. The molecule has 1 saturated heterocycles. The average Bonchev–Trinajstić information content (AvgIpc) is 2.46. The summed E-state index contributed by atoms with van der Waals surface area (Å²) < 4.78 is 0. The van der Waals surface area contributed by atoms with Crippen molar-refractivity contribution in [3.63, 3.8) is 0 Å². The number of nitrogens with one attached hydrogen (secondary N) is 1. The van der Waals surface area contributed by atoms with Crippen LogP contribution in [0.4, 0.5) is 5.69 Å². The second-order valence-corrected chi connectivity index (χ2v) is 5.56. The van der Waals surface area contributed by atoms with Gasteiger partial charge in [-0.25, -0.2) is 0 Å². The maximum atomic E-state index is 10.9. The van der Waals surface area contributed by atoms with Crippen LogP contribution >= 0.6 is 0 Å². The fourth-order valence-electron chi connectivity index (χ4n) is 2.76. The standard InChI is InChI=1S/C15H23N3O2/c1-3-15(16-13-7-9-17(2)10-8-13)12-5-4-6-14(11-12)18(19)20/h4-6,11,13,15-16H,3,7-10H2,1-2H3. The lowest BCUT2D eigenvalue weighted by Crippen LogP contribution is -2.42. The van der Waals surface area contributed by atoms with E-state index >= 15 is 0 Å². The van der Waals surface area contributed by atoms with Crippen molar-refractivity contribution in [3.8, 4) is 0 Å². The molecule has 0 saturated carbocycles. The minimum absolute atomic E-state index is 0.172. The predicted octanol–water partition coefficient (Wildman–Crippen LogP) is 2.73. The molecule has 5 heteroatoms. The third kappa shape index (κ3) is 3.77. The zero-order chi connectivity index (χ0) is 14.5. The van der Waals surface area contributed by atoms with Crippen molar-refractivity contribution in [3.05, 3.63) is 39.9 Å². The van der Waals surface area contributed by atoms with Crippen LogP contribution in [0.1, 0.15) is 37.8 Å². The van der Waals surface area contributed by atoms with Crippen LogP contribution in [0.2, 0.25) is 0 Å². The fraction of sp³-hybridized carbons (Fsp3) is 0.600. The minimum Gasteiger partial charge on any atom is -0.307 e. The van der Waals surface area contributed by atoms with Crippen LogP contribution in [0.15, 0.2) is 24.3 Å². The van der Waals surface area contributed by atoms with E-state index in [0.29, 0.717) is 6.04 Å². The van der Waals surface area contributed by atoms with Crippen LogP contribution in [0.5, 0.6) is 0 Å². The van der Waals surface area contributed by atoms with Crippen LogP contribution in [-0.2, 0) is 0 Å². The number of nitro benzene ring substituents is 1. The molecule has 0 aromatic heterocycles. The Bertz CT molecular complexity index is 456. The number of benzene rings is 1. The average molecular weight is 277 g/mol. The van der Waals surface area contributed by atoms with Gasteiger partial charge in [-0.05, 0) is 45.0 Å². The molecule has 1 atom stereocenters. The van der Waals surface area contributed by atoms with Crippen LogP contribution < -0.4 is 5.32 Å². The topological polar surface area (TPSA) is 58.4 Å². The van der Waals surface area contributed by atoms with Gasteiger partial charge in [0.1, 0.15) is 0 Å². The van der Waals surface area contributed by atoms with E-state index in [-0.39, 0.29) is 16.7 Å². The second-order valence-electron chi connectivity index (χ2n) is 5.56. The summed E-state index contributed by atoms with van der Waals surface area (Å²) in [5.41, 5.74) is 1.19. The van der Waals surface area contributed by atoms with Gasteiger partial charge in [0, 0.05) is 24.2 Å². The number of hydrogen-bond acceptors (Lipinski definition) is 4. The molecule has 1 N–H and O–H groups in total. The first-order valence-electron chi connectivity index (χ1n) is 7.29. The van der Waals surface area contributed by atoms with Gasteiger partial charge in [-0.3, -0.25) is 10.1 Å². The van der Waals surface area contributed by atoms with E-state index in [1.807, 2.05) is 6.07 Å². The molecular formula is C15H23N3O2. The number of nitro groups is 1. The first kappa shape index (κ1) is 14.9. The van der Waals surface area contributed by atoms with E-state index < -0.39 is 0 Å². The Morgan fingerprint density at radius 2 is 2.15 bits per heavy atom. The summed E-state index contributed by atoms with van der Waals surface area (Å²) in [5, 5.41) is 14.5. The van der Waals surface area contributed by atoms with E-state index in [9.17, 15) is 10.1 Å². The molecule has 5 nitrogen and oxygen atoms in total. The summed E-state index contributed by atoms with van der Waals surface area (Å²) in [6.07, 6.45) is 3.22. The first-order chi connectivity index (χ1) is 9.60. The molecule has 0 amide bonds. The lowest BCUT2D eigenvalue weighted by molar-refractivity contribution is -0.384. The van der Waals surface area contributed by atoms with Crippen molar-refractivity contribution >= 4 is 5.69 Å². The first-order valence-corrected chi connectivity index (χ1v) is 7.29. The molecule has 20 heavy (non-hydrogen) atoms. The van der Waals surface area contributed by atoms with Gasteiger partial charge >= 0.3 is 0 Å². The molecule has 0 aliphatic carbocycles. The van der Waals surface area contributed by atoms with Crippen molar-refractivity contribution < 1.29 is 4.92 Å². The summed E-state index contributed by atoms with van der Waals surface area (Å²) in [6.45, 7) is 4.34. The van der Waals surface area contributed by atoms with Crippen LogP contribution in [0, 0.1) is 10.1 Å². The largest absolute Gasteiger partial charge is 0.307 e. The Kier molecular flexibility index (Phi) is 5.09. The smallest absolute Gasteiger partial charge is 0.269 e. The highest BCUT2D eigenvalue weighted by molar-refractivity contribution is 5.35. The van der Waals surface area contributed by atoms with Gasteiger partial charge in [0.15, 0.2) is 0 Å². The molecule has 1 aromatic carbocycles. The second kappa shape index (κ2) is 6.81. The van der Waals surface area contributed by atoms with Crippen molar-refractivity contribution in [2.24, 2.45) is 0 Å². The summed E-state index contributed by atoms with van der Waals surface area (Å²) in [6, 6.07) is 7.69. The maximum absolute atomic E-state index is 10.9. The molecular weight excluding hydrogens is 254 g/mol. The van der Waals surface area contributed by atoms with Crippen molar-refractivity contribution in [1.82, 2.24) is 10.2 Å². The molecule has 0 spiro atoms. The number of rotatable bonds is 5. The van der Waals surface area contributed by atoms with Gasteiger partial charge in [-0.1, -0.05) is 19.1 Å². The van der Waals surface area contributed by atoms with Crippen molar-refractivity contribution in [2.45, 2.75) is 38.3 Å². The molecule has 0 bridgehead atoms. The van der Waals surface area contributed by atoms with Crippen molar-refractivity contribution in [2.75, 3.05) is 20.1 Å². The monoisotopic (exact) mass is 277 g/mol. The molecule has 1 unspecified atom stereocenters. The van der Waals surface area contributed by atoms with E-state index in [1.165, 1.54) is 0 Å². The molecule has 2 rings (SSSR count). The highest BCUT2D eigenvalue weighted by Crippen LogP contribution is 2.23. The van der Waals surface area contributed by atoms with Crippen molar-refractivity contribution in [1.29, 1.82) is 0 Å². The minimum atomic E-state index is -0.328. The molecule has 1 aliphatic heterocycles. The molecule has 1 aliphatic rings. The highest BCUT2D eigenvalue weighted by Gasteiger charge is 2.21. The normalized spacial score (nSPS) is 18.9. The Morgan fingerprint density at radius 1 is 1.45 bits per heavy atom. The van der Waals surface area contributed by atoms with Gasteiger partial charge in [-0.15, -0.1) is 0 Å². The van der Waals surface area contributed by atoms with E-state index in [1.54, 1.807) is 18.2 Å². The van der Waals surface area contributed by atoms with E-state index in [4.69, 9.17) is 0 Å². The van der Waals surface area contributed by atoms with E-state index in [2.05, 4.69) is 24.2 Å². The summed E-state index contributed by atoms with van der Waals surface area (Å²) in [7, 11) is 2.15. The lowest BCUT2D eigenvalue weighted by atomic mass is 9.99. The third-order valence-electron chi connectivity index (χ3n) is 4.05. The molecule has 1 aromatic rings. The van der Waals surface area contributed by atoms with Crippen LogP contribution in [0.25, 0.3) is 0 Å². The Hall–Kier alpha value is -1.46. The zero-order valence-electron chi connectivity index (χ0n) is 12.2. The number of nitrogens with zero attached hydrogens (tertiary/aromatic N) is 2. The van der Waals surface area contributed by atoms with Gasteiger partial charge in [0.25, 0.3) is 5.69 Å². The van der Waals surface area contributed by atoms with Gasteiger partial charge in [0.2, 0.25) is 0 Å². The molecule has 1 fully saturated rings. The van der Waals surface area contributed by atoms with Gasteiger partial charge < -0.3 is 10.2 Å². The Labute approximate surface area is 120 Å². The molecule has 0 radical (unpaired) electrons. The number of non-ortho nitro benzene ring substituents is 1. The number of piperidine rings is 1. The Morgan fingerprint density at radius 3 is 2.75 bits per heavy atom. The highest BCUT2D eigenvalue weighted by atomic mass is 16.6. The number of likely N-dealkylation sites (tertiary alicyclic amines) is 1. The molecule has 110 valence electrons. The van der Waals surface area contributed by atoms with Gasteiger partial charge in [-0.2, -0.15) is 0 Å². The summed E-state index contributed by atoms with van der Waals surface area (Å²) >= 11 is 0. The predicted molar refractivity (Wildman–Crippen MR) is 79.8 cm³/mol. The van der Waals surface area contributed by atoms with E-state index in [0.717, 1.165) is 37.9 Å². The van der Waals surface area contributed by atoms with Crippen LogP contribution in [-0.4, -0.2) is 36.0 Å². The third-order valence-corrected chi connectivity index (χ3v) is 4.05.